The van der Waals surface area contributed by atoms with Gasteiger partial charge < -0.3 is 29.1 Å². The van der Waals surface area contributed by atoms with Gasteiger partial charge in [0.15, 0.2) is 0 Å². The van der Waals surface area contributed by atoms with Gasteiger partial charge in [-0.2, -0.15) is 81.0 Å². The van der Waals surface area contributed by atoms with Crippen molar-refractivity contribution in [2.24, 2.45) is 11.8 Å². The van der Waals surface area contributed by atoms with Gasteiger partial charge in [0.1, 0.15) is 0 Å². The Morgan fingerprint density at radius 1 is 0.648 bits per heavy atom. The number of amides is 2. The van der Waals surface area contributed by atoms with E-state index in [2.05, 4.69) is 42.0 Å². The summed E-state index contributed by atoms with van der Waals surface area (Å²) in [5, 5.41) is 26.1. The van der Waals surface area contributed by atoms with E-state index in [-0.39, 0.29) is 105 Å². The van der Waals surface area contributed by atoms with Crippen molar-refractivity contribution in [3.8, 4) is 22.5 Å². The standard InChI is InChI=1S/2C18H21N3O2S.6H2S/c2*22-16(11-3-5-20-12(7-11)1-2-17(20)23)8-14-18-13(4-6-24-18)15-9-19-10-21(14)15;;;;;;/h2*4,6,9-12,14,16,22H,1-3,5,7-8H2;6*1H2/t2*11-,12-,14?,16-;;;;;;/m00....../s1. The molecule has 0 spiro atoms. The van der Waals surface area contributed by atoms with E-state index in [4.69, 9.17) is 0 Å². The Morgan fingerprint density at radius 2 is 1.06 bits per heavy atom. The lowest BCUT2D eigenvalue weighted by atomic mass is 9.84. The van der Waals surface area contributed by atoms with E-state index in [1.165, 1.54) is 32.3 Å². The van der Waals surface area contributed by atoms with Crippen LogP contribution in [0.25, 0.3) is 22.5 Å². The van der Waals surface area contributed by atoms with Crippen LogP contribution in [-0.2, 0) is 9.59 Å². The Balaban J connectivity index is 0.000000261. The molecule has 10 nitrogen and oxygen atoms in total. The average molecular weight is 891 g/mol. The van der Waals surface area contributed by atoms with E-state index in [0.717, 1.165) is 64.5 Å². The molecular formula is C36H54N6O4S8. The maximum atomic E-state index is 11.8. The van der Waals surface area contributed by atoms with Gasteiger partial charge in [-0.1, -0.05) is 0 Å². The number of piperidine rings is 2. The van der Waals surface area contributed by atoms with Crippen molar-refractivity contribution >= 4 is 115 Å². The summed E-state index contributed by atoms with van der Waals surface area (Å²) in [6, 6.07) is 5.43. The summed E-state index contributed by atoms with van der Waals surface area (Å²) < 4.78 is 4.41. The van der Waals surface area contributed by atoms with Crippen molar-refractivity contribution in [3.63, 3.8) is 0 Å². The van der Waals surface area contributed by atoms with Gasteiger partial charge in [0, 0.05) is 58.9 Å². The summed E-state index contributed by atoms with van der Waals surface area (Å²) in [5.74, 6) is 1.20. The molecule has 0 radical (unpaired) electrons. The molecule has 0 aliphatic carbocycles. The fraction of sp³-hybridized carbons (Fsp3) is 0.556. The number of carbonyl (C=O) groups excluding carboxylic acids is 2. The van der Waals surface area contributed by atoms with Gasteiger partial charge in [0.05, 0.1) is 60.7 Å². The van der Waals surface area contributed by atoms with Crippen LogP contribution in [0.3, 0.4) is 0 Å². The molecule has 4 fully saturated rings. The first-order chi connectivity index (χ1) is 23.4. The van der Waals surface area contributed by atoms with Crippen LogP contribution in [0.15, 0.2) is 47.9 Å². The SMILES string of the molecule is O=C1CC[C@H]2C[C@@H]([C@@H](O)CC3c4sccc4-c4cncn43)CCN12.O=C1CC[C@H]2C[C@@H]([C@@H](O)CC3c4sccc4-c4cncn43)CCN12.S.S.S.S.S.S. The molecule has 18 heteroatoms. The predicted octanol–water partition coefficient (Wildman–Crippen LogP) is 6.01. The van der Waals surface area contributed by atoms with Crippen LogP contribution in [0.2, 0.25) is 0 Å². The Morgan fingerprint density at radius 3 is 1.46 bits per heavy atom. The Kier molecular flexibility index (Phi) is 17.0. The fourth-order valence-corrected chi connectivity index (χ4v) is 11.6. The van der Waals surface area contributed by atoms with E-state index < -0.39 is 0 Å². The zero-order valence-corrected chi connectivity index (χ0v) is 37.6. The van der Waals surface area contributed by atoms with Gasteiger partial charge in [-0.15, -0.1) is 22.7 Å². The molecule has 300 valence electrons. The van der Waals surface area contributed by atoms with Crippen LogP contribution in [-0.4, -0.2) is 88.3 Å². The highest BCUT2D eigenvalue weighted by molar-refractivity contribution is 7.60. The quantitative estimate of drug-likeness (QED) is 0.245. The number of hydrogen-bond acceptors (Lipinski definition) is 8. The number of aliphatic hydroxyl groups excluding tert-OH is 2. The topological polar surface area (TPSA) is 117 Å². The van der Waals surface area contributed by atoms with Crippen LogP contribution in [0.1, 0.15) is 86.0 Å². The normalized spacial score (nSPS) is 26.2. The number of hydrogen-bond donors (Lipinski definition) is 2. The molecule has 2 N–H and O–H groups in total. The molecule has 10 heterocycles. The summed E-state index contributed by atoms with van der Waals surface area (Å²) in [5.41, 5.74) is 4.87. The van der Waals surface area contributed by atoms with Gasteiger partial charge in [0.2, 0.25) is 11.8 Å². The number of aliphatic hydroxyl groups is 2. The lowest BCUT2D eigenvalue weighted by molar-refractivity contribution is -0.131. The monoisotopic (exact) mass is 890 g/mol. The van der Waals surface area contributed by atoms with E-state index in [1.54, 1.807) is 22.7 Å². The lowest BCUT2D eigenvalue weighted by Crippen LogP contribution is -2.43. The van der Waals surface area contributed by atoms with Gasteiger partial charge in [-0.25, -0.2) is 9.97 Å². The Bertz CT molecular complexity index is 1640. The minimum atomic E-state index is -0.323. The van der Waals surface area contributed by atoms with E-state index in [0.29, 0.717) is 48.6 Å². The van der Waals surface area contributed by atoms with Crippen molar-refractivity contribution in [1.82, 2.24) is 28.9 Å². The lowest BCUT2D eigenvalue weighted by Gasteiger charge is -2.37. The maximum absolute atomic E-state index is 11.8. The molecule has 2 amide bonds. The second-order valence-corrected chi connectivity index (χ2v) is 16.4. The number of imidazole rings is 2. The number of nitrogens with zero attached hydrogens (tertiary/aromatic N) is 6. The third-order valence-electron chi connectivity index (χ3n) is 12.1. The van der Waals surface area contributed by atoms with Gasteiger partial charge in [-0.05, 0) is 86.1 Å². The van der Waals surface area contributed by atoms with E-state index >= 15 is 0 Å². The summed E-state index contributed by atoms with van der Waals surface area (Å²) >= 11 is 3.55. The van der Waals surface area contributed by atoms with Crippen molar-refractivity contribution in [3.05, 3.63) is 57.7 Å². The molecule has 4 aromatic rings. The van der Waals surface area contributed by atoms with Crippen LogP contribution in [0.4, 0.5) is 0 Å². The summed E-state index contributed by atoms with van der Waals surface area (Å²) in [7, 11) is 0. The van der Waals surface area contributed by atoms with Crippen LogP contribution in [0, 0.1) is 11.8 Å². The molecular weight excluding hydrogens is 837 g/mol. The van der Waals surface area contributed by atoms with E-state index in [9.17, 15) is 19.8 Å². The van der Waals surface area contributed by atoms with Crippen molar-refractivity contribution in [2.75, 3.05) is 13.1 Å². The highest BCUT2D eigenvalue weighted by atomic mass is 32.1. The number of carbonyl (C=O) groups is 2. The maximum Gasteiger partial charge on any atom is 0.222 e. The molecule has 4 aromatic heterocycles. The Hall–Kier alpha value is -1.22. The third-order valence-corrected chi connectivity index (χ3v) is 14.1. The second-order valence-electron chi connectivity index (χ2n) is 14.5. The molecule has 8 atom stereocenters. The zero-order chi connectivity index (χ0) is 32.5. The van der Waals surface area contributed by atoms with Gasteiger partial charge in [0.25, 0.3) is 0 Å². The molecule has 4 saturated heterocycles. The molecule has 6 aliphatic rings. The Labute approximate surface area is 367 Å². The molecule has 10 rings (SSSR count). The minimum absolute atomic E-state index is 0. The summed E-state index contributed by atoms with van der Waals surface area (Å²) in [6.07, 6.45) is 15.5. The summed E-state index contributed by atoms with van der Waals surface area (Å²) in [6.45, 7) is 1.63. The zero-order valence-electron chi connectivity index (χ0n) is 29.9. The van der Waals surface area contributed by atoms with Crippen molar-refractivity contribution in [2.45, 2.75) is 101 Å². The first-order valence-corrected chi connectivity index (χ1v) is 19.3. The summed E-state index contributed by atoms with van der Waals surface area (Å²) in [4.78, 5) is 39.0. The molecule has 0 aromatic carbocycles. The average Bonchev–Trinajstić information content (AvgIpc) is 3.94. The fourth-order valence-electron chi connectivity index (χ4n) is 9.58. The first kappa shape index (κ1) is 47.2. The third kappa shape index (κ3) is 8.35. The predicted molar refractivity (Wildman–Crippen MR) is 246 cm³/mol. The molecule has 6 aliphatic heterocycles. The smallest absolute Gasteiger partial charge is 0.222 e. The van der Waals surface area contributed by atoms with Crippen molar-refractivity contribution in [1.29, 1.82) is 0 Å². The second kappa shape index (κ2) is 19.5. The number of fused-ring (bicyclic) bond motifs is 8. The minimum Gasteiger partial charge on any atom is -0.393 e. The van der Waals surface area contributed by atoms with Gasteiger partial charge >= 0.3 is 0 Å². The molecule has 2 unspecified atom stereocenters. The first-order valence-electron chi connectivity index (χ1n) is 17.6. The highest BCUT2D eigenvalue weighted by Crippen LogP contribution is 2.47. The highest BCUT2D eigenvalue weighted by Gasteiger charge is 2.42. The van der Waals surface area contributed by atoms with E-state index in [1.807, 2.05) is 34.8 Å². The molecule has 0 bridgehead atoms. The molecule has 0 saturated carbocycles. The number of aromatic nitrogens is 4. The number of rotatable bonds is 6. The number of thiophene rings is 2. The van der Waals surface area contributed by atoms with Crippen LogP contribution >= 0.6 is 104 Å². The van der Waals surface area contributed by atoms with Gasteiger partial charge in [-0.3, -0.25) is 9.59 Å². The largest absolute Gasteiger partial charge is 0.393 e. The molecule has 54 heavy (non-hydrogen) atoms. The van der Waals surface area contributed by atoms with Crippen molar-refractivity contribution < 1.29 is 19.8 Å². The van der Waals surface area contributed by atoms with Crippen LogP contribution in [0.5, 0.6) is 0 Å². The van der Waals surface area contributed by atoms with Crippen LogP contribution < -0.4 is 0 Å².